The second-order valence-electron chi connectivity index (χ2n) is 45.5. The van der Waals surface area contributed by atoms with E-state index in [4.69, 9.17) is 90.0 Å². The Hall–Kier alpha value is -5.04. The molecule has 9 fully saturated rings. The van der Waals surface area contributed by atoms with Crippen LogP contribution in [0.15, 0.2) is 0 Å². The van der Waals surface area contributed by atoms with Crippen molar-refractivity contribution >= 4 is 63.4 Å². The molecule has 9 rings (SSSR count). The number of methoxy groups -OCH3 is 6. The van der Waals surface area contributed by atoms with Crippen LogP contribution in [0.3, 0.4) is 0 Å². The SMILES string of the molecule is C.CC1CO1.COC1(C)C(O)C(C)(CBr)OC(OC2(C)C(C)(C(=O)[O-])OC(C)C(C)(O)C2(C)O)C1(C)NC(C)=O.COC1(C)C(O)C(C)(CO)OC(OC2(C)C(C)(C(=O)[O-])OC(C)C(C)(O)C2(C)O)C1(C)NC(C)=O.COCC1(C)OC(OC2(C)C(C)(C(=O)[O-])OC(C)C(C)(O)C2(C)O)C(C)(NC(C)=O)C(C)(OC)C1O.COCC1(C)OC(OC2(C)C(C)(C(=O)[O-])OC(C)C(C)(O)C2(C)O)C(C)(NC(C)=O)C(C)(OC)C1O. The van der Waals surface area contributed by atoms with E-state index in [0.717, 1.165) is 13.5 Å². The molecule has 0 aromatic heterocycles. The molecule has 9 aliphatic rings. The number of aliphatic hydroxyl groups excluding tert-OH is 5. The van der Waals surface area contributed by atoms with Gasteiger partial charge in [-0.3, -0.25) is 19.2 Å². The van der Waals surface area contributed by atoms with Crippen LogP contribution in [0.1, 0.15) is 264 Å². The summed E-state index contributed by atoms with van der Waals surface area (Å²) in [7, 11) is 8.09. The monoisotopic (exact) mass is 2190 g/mol. The fourth-order valence-electron chi connectivity index (χ4n) is 21.7. The number of alkyl halides is 1. The van der Waals surface area contributed by atoms with Gasteiger partial charge in [-0.05, 0) is 228 Å². The normalized spacial score (nSPS) is 51.4. The summed E-state index contributed by atoms with van der Waals surface area (Å²) >= 11 is 3.34. The lowest BCUT2D eigenvalue weighted by Crippen LogP contribution is -2.87. The summed E-state index contributed by atoms with van der Waals surface area (Å²) in [5.74, 6) is -8.98. The first-order valence-electron chi connectivity index (χ1n) is 47.8. The fourth-order valence-corrected chi connectivity index (χ4v) is 22.2. The molecule has 41 atom stereocenters. The minimum Gasteiger partial charge on any atom is -0.547 e. The maximum absolute atomic E-state index is 12.5. The Morgan fingerprint density at radius 2 is 0.483 bits per heavy atom. The molecule has 0 saturated carbocycles. The van der Waals surface area contributed by atoms with Crippen molar-refractivity contribution in [2.24, 2.45) is 0 Å². The number of carboxylic acids is 4. The standard InChI is InChI=1S/2C24H43NO11.C23H40BrNO10.C23H41NO11.C3H6O.CH4/c2*1-13-20(5,30)23(8,31)24(9,22(7,34-13)16(28)29)36-17-19(4,25-14(2)26)21(6,33-11)15(27)18(3,35-17)12-32-10;1-12-19(5,30)22(8,31)23(9,21(7,33-12)15(28)29)35-16-18(4,25-13(2)26)20(6,32-10)14(27)17(3,11-24)34-16;1-12-19(5,30)22(8,31)23(9,21(7,33-12)15(28)29)35-16-18(4,24-13(2)26)20(6,32-10)14(27)17(3,11-25)34-16;1-3-2-4-3;/h2*13,15,17,27,30-31H,12H2,1-11H3,(H,25,26)(H,28,29);12,14,16,27,30-31H,11H2,1-10H3,(H,25,26)(H,28,29);12,14,16,25,27,30-31H,11H2,1-10H3,(H,24,26)(H,28,29);3H,2H2,1H3;1H4/p-4. The van der Waals surface area contributed by atoms with Crippen molar-refractivity contribution in [3.05, 3.63) is 0 Å². The first kappa shape index (κ1) is 134. The second-order valence-corrected chi connectivity index (χ2v) is 46.1. The van der Waals surface area contributed by atoms with Crippen LogP contribution in [0, 0.1) is 0 Å². The van der Waals surface area contributed by atoms with Gasteiger partial charge in [-0.25, -0.2) is 0 Å². The van der Waals surface area contributed by atoms with E-state index in [2.05, 4.69) is 44.1 Å². The van der Waals surface area contributed by atoms with Gasteiger partial charge >= 0.3 is 0 Å². The molecule has 41 unspecified atom stereocenters. The maximum Gasteiger partial charge on any atom is 0.217 e. The van der Waals surface area contributed by atoms with Gasteiger partial charge in [0.15, 0.2) is 25.2 Å². The van der Waals surface area contributed by atoms with Crippen LogP contribution in [0.2, 0.25) is 0 Å². The number of nitrogens with one attached hydrogen (secondary N) is 4. The average molecular weight is 2190 g/mol. The molecule has 0 radical (unpaired) electrons. The predicted octanol–water partition coefficient (Wildman–Crippen LogP) is -4.41. The van der Waals surface area contributed by atoms with Crippen molar-refractivity contribution in [1.29, 1.82) is 0 Å². The van der Waals surface area contributed by atoms with Crippen LogP contribution in [0.5, 0.6) is 0 Å². The van der Waals surface area contributed by atoms with Crippen LogP contribution < -0.4 is 41.7 Å². The molecule has 4 amide bonds. The molecule has 147 heavy (non-hydrogen) atoms. The summed E-state index contributed by atoms with van der Waals surface area (Å²) in [4.78, 5) is 99.0. The zero-order valence-electron chi connectivity index (χ0n) is 92.9. The molecule has 0 aromatic carbocycles. The lowest BCUT2D eigenvalue weighted by Gasteiger charge is -2.66. The third-order valence-corrected chi connectivity index (χ3v) is 37.5. The van der Waals surface area contributed by atoms with Gasteiger partial charge in [-0.2, -0.15) is 0 Å². The van der Waals surface area contributed by atoms with E-state index in [0.29, 0.717) is 6.10 Å². The number of aliphatic carboxylic acids is 4. The van der Waals surface area contributed by atoms with Crippen LogP contribution in [0.4, 0.5) is 0 Å². The highest BCUT2D eigenvalue weighted by atomic mass is 79.9. The van der Waals surface area contributed by atoms with E-state index in [1.165, 1.54) is 271 Å². The lowest BCUT2D eigenvalue weighted by atomic mass is 9.61. The Labute approximate surface area is 870 Å². The molecule has 860 valence electrons. The average Bonchev–Trinajstić information content (AvgIpc) is 1.59. The number of aliphatic hydroxyl groups is 13. The Bertz CT molecular complexity index is 4430. The van der Waals surface area contributed by atoms with E-state index < -0.39 is 285 Å². The molecule has 48 nitrogen and oxygen atoms in total. The molecule has 9 aliphatic heterocycles. The quantitative estimate of drug-likeness (QED) is 0.0287. The molecule has 9 saturated heterocycles. The summed E-state index contributed by atoms with van der Waals surface area (Å²) in [6.07, 6.45) is -15.9. The van der Waals surface area contributed by atoms with E-state index in [9.17, 15) is 125 Å². The number of epoxide rings is 1. The number of carbonyl (C=O) groups excluding carboxylic acids is 8. The number of carbonyl (C=O) groups is 8. The molecule has 49 heteroatoms. The Kier molecular flexibility index (Phi) is 39.1. The smallest absolute Gasteiger partial charge is 0.217 e. The highest BCUT2D eigenvalue weighted by Gasteiger charge is 2.82. The first-order valence-corrected chi connectivity index (χ1v) is 48.9. The number of hydrogen-bond acceptors (Lipinski definition) is 44. The number of hydrogen-bond donors (Lipinski definition) is 17. The molecule has 9 heterocycles. The zero-order chi connectivity index (χ0) is 115. The fraction of sp³-hybridized carbons (Fsp3) is 0.918. The lowest BCUT2D eigenvalue weighted by molar-refractivity contribution is -0.441. The Balaban J connectivity index is 0.000000401. The third kappa shape index (κ3) is 20.1. The number of halogens is 1. The molecular formula is C98H173BrN4O44-4. The molecule has 0 bridgehead atoms. The van der Waals surface area contributed by atoms with Crippen molar-refractivity contribution in [2.45, 2.75) is 500 Å². The predicted molar refractivity (Wildman–Crippen MR) is 513 cm³/mol. The number of rotatable bonds is 26. The van der Waals surface area contributed by atoms with Crippen LogP contribution in [-0.2, 0) is 128 Å². The van der Waals surface area contributed by atoms with Gasteiger partial charge in [0.1, 0.15) is 181 Å². The van der Waals surface area contributed by atoms with Gasteiger partial charge in [0.25, 0.3) is 0 Å². The molecule has 0 aliphatic carbocycles. The topological polar surface area (TPSA) is 719 Å². The number of carboxylic acid groups (broad SMARTS) is 4. The van der Waals surface area contributed by atoms with Gasteiger partial charge in [0, 0.05) is 75.7 Å². The maximum atomic E-state index is 12.5. The second kappa shape index (κ2) is 42.8. The minimum atomic E-state index is -2.34. The third-order valence-electron chi connectivity index (χ3n) is 36.3. The van der Waals surface area contributed by atoms with Crippen molar-refractivity contribution in [3.63, 3.8) is 0 Å². The van der Waals surface area contributed by atoms with Crippen LogP contribution >= 0.6 is 15.9 Å². The van der Waals surface area contributed by atoms with Crippen molar-refractivity contribution in [1.82, 2.24) is 21.3 Å². The van der Waals surface area contributed by atoms with E-state index in [-0.39, 0.29) is 26.0 Å². The summed E-state index contributed by atoms with van der Waals surface area (Å²) in [6.45, 7) is 50.4. The van der Waals surface area contributed by atoms with Crippen molar-refractivity contribution in [3.8, 4) is 0 Å². The van der Waals surface area contributed by atoms with E-state index in [1.54, 1.807) is 13.8 Å². The first-order chi connectivity index (χ1) is 65.2. The van der Waals surface area contributed by atoms with Gasteiger partial charge in [-0.1, -0.05) is 23.4 Å². The Morgan fingerprint density at radius 1 is 0.320 bits per heavy atom. The molecular weight excluding hydrogens is 2020 g/mol. The number of ether oxygens (including phenoxy) is 19. The minimum absolute atomic E-state index is 0. The van der Waals surface area contributed by atoms with Crippen molar-refractivity contribution < 1.29 is 215 Å². The van der Waals surface area contributed by atoms with Crippen LogP contribution in [-0.4, -0.2) is 425 Å². The van der Waals surface area contributed by atoms with Gasteiger partial charge in [0.2, 0.25) is 23.6 Å². The summed E-state index contributed by atoms with van der Waals surface area (Å²) in [5, 5.41) is 208. The summed E-state index contributed by atoms with van der Waals surface area (Å²) in [5.41, 5.74) is -54.4. The highest BCUT2D eigenvalue weighted by molar-refractivity contribution is 9.09. The van der Waals surface area contributed by atoms with Crippen LogP contribution in [0.25, 0.3) is 0 Å². The molecule has 17 N–H and O–H groups in total. The Morgan fingerprint density at radius 3 is 0.626 bits per heavy atom. The highest BCUT2D eigenvalue weighted by Crippen LogP contribution is 2.62. The number of amides is 4. The molecule has 0 aromatic rings. The van der Waals surface area contributed by atoms with Crippen molar-refractivity contribution in [2.75, 3.05) is 74.4 Å². The van der Waals surface area contributed by atoms with E-state index in [1.807, 2.05) is 0 Å². The summed E-state index contributed by atoms with van der Waals surface area (Å²) in [6, 6.07) is 0. The van der Waals surface area contributed by atoms with Gasteiger partial charge in [-0.15, -0.1) is 0 Å². The van der Waals surface area contributed by atoms with Gasteiger partial charge in [0.05, 0.1) is 80.8 Å². The van der Waals surface area contributed by atoms with Gasteiger partial charge < -0.3 is 217 Å². The van der Waals surface area contributed by atoms with E-state index >= 15 is 0 Å². The summed E-state index contributed by atoms with van der Waals surface area (Å²) < 4.78 is 111. The molecule has 0 spiro atoms. The largest absolute Gasteiger partial charge is 0.547 e. The zero-order valence-corrected chi connectivity index (χ0v) is 94.5.